The lowest BCUT2D eigenvalue weighted by molar-refractivity contribution is -0.123. The molecule has 0 spiro atoms. The van der Waals surface area contributed by atoms with E-state index in [4.69, 9.17) is 9.15 Å². The number of nitrogens with one attached hydrogen (secondary N) is 1. The second-order valence-electron chi connectivity index (χ2n) is 8.15. The molecule has 2 amide bonds. The van der Waals surface area contributed by atoms with Crippen molar-refractivity contribution in [3.8, 4) is 5.75 Å². The van der Waals surface area contributed by atoms with Crippen LogP contribution in [0.15, 0.2) is 71.3 Å². The van der Waals surface area contributed by atoms with Crippen LogP contribution in [-0.4, -0.2) is 25.0 Å². The summed E-state index contributed by atoms with van der Waals surface area (Å²) in [6, 6.07) is 14.7. The summed E-state index contributed by atoms with van der Waals surface area (Å²) >= 11 is 0. The third kappa shape index (κ3) is 5.25. The highest BCUT2D eigenvalue weighted by Crippen LogP contribution is 2.32. The van der Waals surface area contributed by atoms with Crippen molar-refractivity contribution < 1.29 is 23.1 Å². The van der Waals surface area contributed by atoms with Crippen molar-refractivity contribution in [3.63, 3.8) is 0 Å². The molecular formula is C26H27FN2O4. The SMILES string of the molecule is COc1ccc([C@H](C(=O)NC2CCCCC2)N(C(=O)c2ccco2)c2ccc(F)cc2)cc1. The van der Waals surface area contributed by atoms with Gasteiger partial charge >= 0.3 is 0 Å². The van der Waals surface area contributed by atoms with E-state index in [1.54, 1.807) is 43.5 Å². The summed E-state index contributed by atoms with van der Waals surface area (Å²) in [7, 11) is 1.56. The number of methoxy groups -OCH3 is 1. The first-order valence-electron chi connectivity index (χ1n) is 11.1. The number of anilines is 1. The van der Waals surface area contributed by atoms with Crippen LogP contribution in [0.3, 0.4) is 0 Å². The molecule has 4 rings (SSSR count). The van der Waals surface area contributed by atoms with E-state index in [1.165, 1.54) is 35.4 Å². The summed E-state index contributed by atoms with van der Waals surface area (Å²) in [5.74, 6) is -0.501. The Labute approximate surface area is 192 Å². The number of hydrogen-bond donors (Lipinski definition) is 1. The van der Waals surface area contributed by atoms with Crippen LogP contribution >= 0.6 is 0 Å². The molecule has 1 heterocycles. The lowest BCUT2D eigenvalue weighted by atomic mass is 9.94. The number of halogens is 1. The molecule has 7 heteroatoms. The van der Waals surface area contributed by atoms with Gasteiger partial charge in [0.15, 0.2) is 5.76 Å². The maximum Gasteiger partial charge on any atom is 0.294 e. The summed E-state index contributed by atoms with van der Waals surface area (Å²) in [4.78, 5) is 28.6. The quantitative estimate of drug-likeness (QED) is 0.533. The number of rotatable bonds is 7. The van der Waals surface area contributed by atoms with E-state index in [0.29, 0.717) is 17.0 Å². The van der Waals surface area contributed by atoms with Gasteiger partial charge in [-0.2, -0.15) is 0 Å². The Hall–Kier alpha value is -3.61. The molecule has 33 heavy (non-hydrogen) atoms. The van der Waals surface area contributed by atoms with Gasteiger partial charge in [-0.25, -0.2) is 4.39 Å². The van der Waals surface area contributed by atoms with Crippen LogP contribution in [0.1, 0.15) is 54.3 Å². The summed E-state index contributed by atoms with van der Waals surface area (Å²) in [5.41, 5.74) is 0.991. The van der Waals surface area contributed by atoms with Crippen molar-refractivity contribution in [1.82, 2.24) is 5.32 Å². The average Bonchev–Trinajstić information content (AvgIpc) is 3.39. The monoisotopic (exact) mass is 450 g/mol. The van der Waals surface area contributed by atoms with Gasteiger partial charge in [0.25, 0.3) is 5.91 Å². The minimum atomic E-state index is -0.985. The van der Waals surface area contributed by atoms with E-state index in [1.807, 2.05) is 0 Å². The molecule has 0 unspecified atom stereocenters. The maximum absolute atomic E-state index is 13.7. The zero-order valence-electron chi connectivity index (χ0n) is 18.5. The lowest BCUT2D eigenvalue weighted by Gasteiger charge is -2.33. The largest absolute Gasteiger partial charge is 0.497 e. The van der Waals surface area contributed by atoms with Gasteiger partial charge in [0.05, 0.1) is 13.4 Å². The van der Waals surface area contributed by atoms with Gasteiger partial charge < -0.3 is 14.5 Å². The van der Waals surface area contributed by atoms with Gasteiger partial charge in [-0.15, -0.1) is 0 Å². The fraction of sp³-hybridized carbons (Fsp3) is 0.308. The van der Waals surface area contributed by atoms with E-state index in [0.717, 1.165) is 32.1 Å². The number of hydrogen-bond acceptors (Lipinski definition) is 4. The summed E-state index contributed by atoms with van der Waals surface area (Å²) in [5, 5.41) is 3.14. The number of carbonyl (C=O) groups excluding carboxylic acids is 2. The van der Waals surface area contributed by atoms with Crippen molar-refractivity contribution in [2.24, 2.45) is 0 Å². The Morgan fingerprint density at radius 1 is 1.03 bits per heavy atom. The lowest BCUT2D eigenvalue weighted by Crippen LogP contribution is -2.47. The van der Waals surface area contributed by atoms with Crippen LogP contribution < -0.4 is 15.0 Å². The highest BCUT2D eigenvalue weighted by molar-refractivity contribution is 6.08. The molecule has 1 saturated carbocycles. The van der Waals surface area contributed by atoms with Crippen LogP contribution in [-0.2, 0) is 4.79 Å². The number of nitrogens with zero attached hydrogens (tertiary/aromatic N) is 1. The highest BCUT2D eigenvalue weighted by Gasteiger charge is 2.35. The molecule has 0 saturated heterocycles. The van der Waals surface area contributed by atoms with Crippen molar-refractivity contribution in [3.05, 3.63) is 84.1 Å². The average molecular weight is 451 g/mol. The number of benzene rings is 2. The molecule has 1 aliphatic carbocycles. The summed E-state index contributed by atoms with van der Waals surface area (Å²) in [6.07, 6.45) is 6.50. The van der Waals surface area contributed by atoms with E-state index in [-0.39, 0.29) is 17.7 Å². The van der Waals surface area contributed by atoms with E-state index in [2.05, 4.69) is 5.32 Å². The Morgan fingerprint density at radius 3 is 2.33 bits per heavy atom. The van der Waals surface area contributed by atoms with Crippen LogP contribution in [0.4, 0.5) is 10.1 Å². The summed E-state index contributed by atoms with van der Waals surface area (Å²) in [6.45, 7) is 0. The minimum Gasteiger partial charge on any atom is -0.497 e. The molecule has 172 valence electrons. The molecular weight excluding hydrogens is 423 g/mol. The predicted octanol–water partition coefficient (Wildman–Crippen LogP) is 5.26. The van der Waals surface area contributed by atoms with Gasteiger partial charge in [-0.3, -0.25) is 14.5 Å². The molecule has 6 nitrogen and oxygen atoms in total. The second-order valence-corrected chi connectivity index (χ2v) is 8.15. The fourth-order valence-corrected chi connectivity index (χ4v) is 4.24. The van der Waals surface area contributed by atoms with Crippen LogP contribution in [0.25, 0.3) is 0 Å². The van der Waals surface area contributed by atoms with Crippen LogP contribution in [0, 0.1) is 5.82 Å². The van der Waals surface area contributed by atoms with Crippen LogP contribution in [0.5, 0.6) is 5.75 Å². The molecule has 0 bridgehead atoms. The van der Waals surface area contributed by atoms with E-state index in [9.17, 15) is 14.0 Å². The highest BCUT2D eigenvalue weighted by atomic mass is 19.1. The first-order valence-corrected chi connectivity index (χ1v) is 11.1. The Bertz CT molecular complexity index is 1060. The Morgan fingerprint density at radius 2 is 1.73 bits per heavy atom. The van der Waals surface area contributed by atoms with Crippen molar-refractivity contribution in [2.45, 2.75) is 44.2 Å². The standard InChI is InChI=1S/C26H27FN2O4/c1-32-22-15-9-18(10-16-22)24(25(30)28-20-6-3-2-4-7-20)29(21-13-11-19(27)12-14-21)26(31)23-8-5-17-33-23/h5,8-17,20,24H,2-4,6-7H2,1H3,(H,28,30)/t24-/m1/s1. The molecule has 1 atom stereocenters. The normalized spacial score (nSPS) is 15.0. The molecule has 0 radical (unpaired) electrons. The number of furan rings is 1. The second kappa shape index (κ2) is 10.3. The third-order valence-electron chi connectivity index (χ3n) is 5.95. The topological polar surface area (TPSA) is 71.8 Å². The molecule has 1 aromatic heterocycles. The minimum absolute atomic E-state index is 0.0563. The first kappa shape index (κ1) is 22.6. The van der Waals surface area contributed by atoms with Crippen LogP contribution in [0.2, 0.25) is 0 Å². The number of carbonyl (C=O) groups is 2. The van der Waals surface area contributed by atoms with Crippen molar-refractivity contribution >= 4 is 17.5 Å². The molecule has 1 N–H and O–H groups in total. The van der Waals surface area contributed by atoms with Gasteiger partial charge in [-0.1, -0.05) is 31.4 Å². The zero-order chi connectivity index (χ0) is 23.2. The smallest absolute Gasteiger partial charge is 0.294 e. The number of amides is 2. The molecule has 2 aromatic carbocycles. The van der Waals surface area contributed by atoms with Crippen molar-refractivity contribution in [2.75, 3.05) is 12.0 Å². The van der Waals surface area contributed by atoms with Crippen molar-refractivity contribution in [1.29, 1.82) is 0 Å². The predicted molar refractivity (Wildman–Crippen MR) is 123 cm³/mol. The molecule has 1 fully saturated rings. The Balaban J connectivity index is 1.77. The van der Waals surface area contributed by atoms with E-state index < -0.39 is 17.8 Å². The molecule has 1 aliphatic rings. The molecule has 0 aliphatic heterocycles. The fourth-order valence-electron chi connectivity index (χ4n) is 4.24. The van der Waals surface area contributed by atoms with Gasteiger partial charge in [-0.05, 0) is 66.9 Å². The van der Waals surface area contributed by atoms with Gasteiger partial charge in [0, 0.05) is 11.7 Å². The van der Waals surface area contributed by atoms with Gasteiger partial charge in [0.1, 0.15) is 17.6 Å². The Kier molecular flexibility index (Phi) is 7.07. The molecule has 3 aromatic rings. The third-order valence-corrected chi connectivity index (χ3v) is 5.95. The first-order chi connectivity index (χ1) is 16.1. The van der Waals surface area contributed by atoms with Gasteiger partial charge in [0.2, 0.25) is 5.91 Å². The zero-order valence-corrected chi connectivity index (χ0v) is 18.5. The maximum atomic E-state index is 13.7. The number of ether oxygens (including phenoxy) is 1. The van der Waals surface area contributed by atoms with E-state index >= 15 is 0 Å². The summed E-state index contributed by atoms with van der Waals surface area (Å²) < 4.78 is 24.3.